The highest BCUT2D eigenvalue weighted by atomic mass is 16.5. The molecule has 3 rings (SSSR count). The quantitative estimate of drug-likeness (QED) is 0.530. The highest BCUT2D eigenvalue weighted by Crippen LogP contribution is 2.29. The van der Waals surface area contributed by atoms with Gasteiger partial charge in [-0.15, -0.1) is 0 Å². The normalized spacial score (nSPS) is 10.8. The van der Waals surface area contributed by atoms with E-state index < -0.39 is 5.91 Å². The summed E-state index contributed by atoms with van der Waals surface area (Å²) >= 11 is 0. The lowest BCUT2D eigenvalue weighted by atomic mass is 10.2. The van der Waals surface area contributed by atoms with Crippen LogP contribution in [0.3, 0.4) is 0 Å². The molecule has 0 fully saturated rings. The maximum atomic E-state index is 12.1. The summed E-state index contributed by atoms with van der Waals surface area (Å²) < 4.78 is 15.8. The molecule has 1 amide bonds. The molecule has 128 valence electrons. The molecule has 3 aromatic rings. The molecule has 0 radical (unpaired) electrons. The van der Waals surface area contributed by atoms with Gasteiger partial charge in [0.05, 0.1) is 26.7 Å². The van der Waals surface area contributed by atoms with E-state index in [2.05, 4.69) is 20.7 Å². The van der Waals surface area contributed by atoms with Crippen molar-refractivity contribution in [3.8, 4) is 23.0 Å². The zero-order valence-electron chi connectivity index (χ0n) is 13.6. The van der Waals surface area contributed by atoms with Gasteiger partial charge in [0.1, 0.15) is 5.69 Å². The predicted octanol–water partition coefficient (Wildman–Crippen LogP) is 2.45. The van der Waals surface area contributed by atoms with E-state index in [0.29, 0.717) is 28.5 Å². The smallest absolute Gasteiger partial charge is 0.291 e. The largest absolute Gasteiger partial charge is 0.493 e. The summed E-state index contributed by atoms with van der Waals surface area (Å²) in [6.07, 6.45) is 3.01. The molecule has 0 bridgehead atoms. The number of benzene rings is 1. The number of nitrogens with zero attached hydrogens (tertiary/aromatic N) is 2. The molecule has 25 heavy (non-hydrogen) atoms. The van der Waals surface area contributed by atoms with Crippen molar-refractivity contribution in [1.82, 2.24) is 15.6 Å². The van der Waals surface area contributed by atoms with Crippen LogP contribution in [0.15, 0.2) is 52.2 Å². The molecule has 2 heterocycles. The highest BCUT2D eigenvalue weighted by Gasteiger charge is 2.12. The van der Waals surface area contributed by atoms with Gasteiger partial charge in [0.15, 0.2) is 23.0 Å². The van der Waals surface area contributed by atoms with Crippen LogP contribution in [-0.4, -0.2) is 36.5 Å². The van der Waals surface area contributed by atoms with Crippen molar-refractivity contribution in [2.45, 2.75) is 0 Å². The van der Waals surface area contributed by atoms with Crippen molar-refractivity contribution < 1.29 is 18.7 Å². The fraction of sp³-hybridized carbons (Fsp3) is 0.118. The van der Waals surface area contributed by atoms with Gasteiger partial charge in [-0.25, -0.2) is 5.43 Å². The molecule has 1 aromatic carbocycles. The van der Waals surface area contributed by atoms with Gasteiger partial charge in [0, 0.05) is 11.6 Å². The number of amides is 1. The van der Waals surface area contributed by atoms with Crippen molar-refractivity contribution in [2.75, 3.05) is 14.2 Å². The number of rotatable bonds is 6. The van der Waals surface area contributed by atoms with Crippen LogP contribution in [0.2, 0.25) is 0 Å². The van der Waals surface area contributed by atoms with Gasteiger partial charge in [0.2, 0.25) is 0 Å². The minimum atomic E-state index is -0.452. The fourth-order valence-corrected chi connectivity index (χ4v) is 2.23. The van der Waals surface area contributed by atoms with Crippen LogP contribution in [0.5, 0.6) is 11.5 Å². The van der Waals surface area contributed by atoms with Crippen molar-refractivity contribution in [3.63, 3.8) is 0 Å². The molecule has 2 aromatic heterocycles. The Bertz CT molecular complexity index is 884. The summed E-state index contributed by atoms with van der Waals surface area (Å²) in [4.78, 5) is 12.1. The monoisotopic (exact) mass is 340 g/mol. The van der Waals surface area contributed by atoms with E-state index in [4.69, 9.17) is 13.9 Å². The Morgan fingerprint density at radius 1 is 1.28 bits per heavy atom. The zero-order chi connectivity index (χ0) is 17.6. The number of furan rings is 1. The van der Waals surface area contributed by atoms with Crippen LogP contribution in [0.4, 0.5) is 0 Å². The molecule has 0 spiro atoms. The van der Waals surface area contributed by atoms with Crippen molar-refractivity contribution in [3.05, 3.63) is 53.9 Å². The minimum Gasteiger partial charge on any atom is -0.493 e. The van der Waals surface area contributed by atoms with Gasteiger partial charge in [-0.05, 0) is 24.3 Å². The van der Waals surface area contributed by atoms with Crippen LogP contribution in [0.1, 0.15) is 16.1 Å². The topological polar surface area (TPSA) is 102 Å². The van der Waals surface area contributed by atoms with Crippen molar-refractivity contribution in [1.29, 1.82) is 0 Å². The number of ether oxygens (including phenoxy) is 2. The lowest BCUT2D eigenvalue weighted by Gasteiger charge is -2.09. The maximum Gasteiger partial charge on any atom is 0.291 e. The molecule has 8 heteroatoms. The molecule has 0 aliphatic heterocycles. The Labute approximate surface area is 143 Å². The molecule has 0 saturated heterocycles. The first-order valence-electron chi connectivity index (χ1n) is 7.36. The molecule has 0 unspecified atom stereocenters. The average molecular weight is 340 g/mol. The van der Waals surface area contributed by atoms with Crippen LogP contribution in [-0.2, 0) is 0 Å². The second-order valence-electron chi connectivity index (χ2n) is 4.93. The second-order valence-corrected chi connectivity index (χ2v) is 4.93. The number of hydrogen-bond donors (Lipinski definition) is 2. The SMILES string of the molecule is COc1cccc(C=NNC(=O)c2cc(-c3ccco3)[nH]n2)c1OC. The number of para-hydroxylation sites is 1. The Balaban J connectivity index is 1.69. The fourth-order valence-electron chi connectivity index (χ4n) is 2.23. The van der Waals surface area contributed by atoms with Crippen molar-refractivity contribution >= 4 is 12.1 Å². The van der Waals surface area contributed by atoms with E-state index in [1.807, 2.05) is 0 Å². The number of aromatic amines is 1. The third-order valence-electron chi connectivity index (χ3n) is 3.40. The molecule has 2 N–H and O–H groups in total. The summed E-state index contributed by atoms with van der Waals surface area (Å²) in [6.45, 7) is 0. The summed E-state index contributed by atoms with van der Waals surface area (Å²) in [5, 5.41) is 10.6. The first-order chi connectivity index (χ1) is 12.2. The summed E-state index contributed by atoms with van der Waals surface area (Å²) in [5.74, 6) is 1.25. The van der Waals surface area contributed by atoms with Gasteiger partial charge in [-0.2, -0.15) is 10.2 Å². The maximum absolute atomic E-state index is 12.1. The number of carbonyl (C=O) groups excluding carboxylic acids is 1. The van der Waals surface area contributed by atoms with E-state index in [-0.39, 0.29) is 5.69 Å². The van der Waals surface area contributed by atoms with E-state index in [1.165, 1.54) is 13.3 Å². The third-order valence-corrected chi connectivity index (χ3v) is 3.40. The van der Waals surface area contributed by atoms with E-state index >= 15 is 0 Å². The van der Waals surface area contributed by atoms with Crippen molar-refractivity contribution in [2.24, 2.45) is 5.10 Å². The second kappa shape index (κ2) is 7.35. The molecule has 0 aliphatic carbocycles. The van der Waals surface area contributed by atoms with Gasteiger partial charge in [0.25, 0.3) is 5.91 Å². The standard InChI is InChI=1S/C17H16N4O4/c1-23-15-6-3-5-11(16(15)24-2)10-18-21-17(22)13-9-12(19-20-13)14-7-4-8-25-14/h3-10H,1-2H3,(H,19,20)(H,21,22). The van der Waals surface area contributed by atoms with Gasteiger partial charge in [-0.3, -0.25) is 9.89 Å². The highest BCUT2D eigenvalue weighted by molar-refractivity contribution is 5.94. The summed E-state index contributed by atoms with van der Waals surface area (Å²) in [5.41, 5.74) is 3.88. The minimum absolute atomic E-state index is 0.196. The molecular formula is C17H16N4O4. The first-order valence-corrected chi connectivity index (χ1v) is 7.36. The van der Waals surface area contributed by atoms with Crippen LogP contribution < -0.4 is 14.9 Å². The lowest BCUT2D eigenvalue weighted by Crippen LogP contribution is -2.18. The summed E-state index contributed by atoms with van der Waals surface area (Å²) in [7, 11) is 3.09. The molecular weight excluding hydrogens is 324 g/mol. The lowest BCUT2D eigenvalue weighted by molar-refractivity contribution is 0.0950. The zero-order valence-corrected chi connectivity index (χ0v) is 13.6. The van der Waals surface area contributed by atoms with Crippen LogP contribution >= 0.6 is 0 Å². The number of nitrogens with one attached hydrogen (secondary N) is 2. The third kappa shape index (κ3) is 3.52. The average Bonchev–Trinajstić information content (AvgIpc) is 3.32. The molecule has 0 atom stereocenters. The first kappa shape index (κ1) is 16.3. The Morgan fingerprint density at radius 2 is 2.16 bits per heavy atom. The predicted molar refractivity (Wildman–Crippen MR) is 90.9 cm³/mol. The molecule has 0 saturated carbocycles. The van der Waals surface area contributed by atoms with Gasteiger partial charge < -0.3 is 13.9 Å². The van der Waals surface area contributed by atoms with Gasteiger partial charge >= 0.3 is 0 Å². The Hall–Kier alpha value is -3.55. The van der Waals surface area contributed by atoms with Gasteiger partial charge in [-0.1, -0.05) is 6.07 Å². The van der Waals surface area contributed by atoms with E-state index in [1.54, 1.807) is 49.8 Å². The van der Waals surface area contributed by atoms with Crippen LogP contribution in [0.25, 0.3) is 11.5 Å². The number of aromatic nitrogens is 2. The molecule has 0 aliphatic rings. The van der Waals surface area contributed by atoms with E-state index in [9.17, 15) is 4.79 Å². The number of carbonyl (C=O) groups is 1. The Kier molecular flexibility index (Phi) is 4.79. The number of hydrogen-bond acceptors (Lipinski definition) is 6. The number of hydrazone groups is 1. The number of H-pyrrole nitrogens is 1. The Morgan fingerprint density at radius 3 is 2.88 bits per heavy atom. The summed E-state index contributed by atoms with van der Waals surface area (Å²) in [6, 6.07) is 10.5. The number of methoxy groups -OCH3 is 2. The molecule has 8 nitrogen and oxygen atoms in total. The van der Waals surface area contributed by atoms with E-state index in [0.717, 1.165) is 0 Å². The van der Waals surface area contributed by atoms with Crippen LogP contribution in [0, 0.1) is 0 Å².